The number of hydrogen-bond donors (Lipinski definition) is 0. The smallest absolute Gasteiger partial charge is 0.188 e. The van der Waals surface area contributed by atoms with Crippen LogP contribution in [0.5, 0.6) is 0 Å². The maximum Gasteiger partial charge on any atom is 0.188 e. The van der Waals surface area contributed by atoms with Gasteiger partial charge < -0.3 is 18.3 Å². The van der Waals surface area contributed by atoms with Crippen molar-refractivity contribution in [2.45, 2.75) is 59.0 Å². The van der Waals surface area contributed by atoms with E-state index in [0.717, 1.165) is 32.7 Å². The first-order chi connectivity index (χ1) is 12.9. The van der Waals surface area contributed by atoms with E-state index in [1.165, 1.54) is 0 Å². The van der Waals surface area contributed by atoms with E-state index in [1.54, 1.807) is 0 Å². The summed E-state index contributed by atoms with van der Waals surface area (Å²) in [6.07, 6.45) is 5.33. The normalized spacial score (nSPS) is 17.6. The monoisotopic (exact) mass is 552 g/mol. The number of halogens is 2. The van der Waals surface area contributed by atoms with Gasteiger partial charge in [-0.05, 0) is 51.4 Å². The first kappa shape index (κ1) is 27.4. The van der Waals surface area contributed by atoms with Crippen LogP contribution in [0.15, 0.2) is 44.9 Å². The van der Waals surface area contributed by atoms with E-state index in [-0.39, 0.29) is 45.7 Å². The molecule has 0 saturated heterocycles. The van der Waals surface area contributed by atoms with Crippen LogP contribution in [0.1, 0.15) is 19.8 Å². The second-order valence-electron chi connectivity index (χ2n) is 8.94. The summed E-state index contributed by atoms with van der Waals surface area (Å²) in [6, 6.07) is 0. The van der Waals surface area contributed by atoms with E-state index in [2.05, 4.69) is 46.2 Å². The van der Waals surface area contributed by atoms with Gasteiger partial charge >= 0.3 is 0 Å². The number of rotatable bonds is 10. The molecule has 0 N–H and O–H groups in total. The number of hydrogen-bond acceptors (Lipinski definition) is 4. The van der Waals surface area contributed by atoms with Crippen LogP contribution in [0, 0.1) is 5.92 Å². The summed E-state index contributed by atoms with van der Waals surface area (Å²) in [6.45, 7) is 15.3. The largest absolute Gasteiger partial charge is 0.468 e. The molecule has 0 aromatic heterocycles. The third-order valence-electron chi connectivity index (χ3n) is 4.33. The molecule has 2 aliphatic rings. The van der Waals surface area contributed by atoms with Crippen molar-refractivity contribution >= 4 is 39.8 Å². The summed E-state index contributed by atoms with van der Waals surface area (Å²) in [4.78, 5) is 0. The van der Waals surface area contributed by atoms with Crippen LogP contribution in [0.4, 0.5) is 0 Å². The molecule has 4 nitrogen and oxygen atoms in total. The van der Waals surface area contributed by atoms with Gasteiger partial charge in [0.05, 0.1) is 0 Å². The predicted molar refractivity (Wildman–Crippen MR) is 121 cm³/mol. The van der Waals surface area contributed by atoms with E-state index in [4.69, 9.17) is 41.5 Å². The topological polar surface area (TPSA) is 36.9 Å². The van der Waals surface area contributed by atoms with Crippen LogP contribution in [0.25, 0.3) is 0 Å². The summed E-state index contributed by atoms with van der Waals surface area (Å²) in [5.74, 6) is 1.51. The van der Waals surface area contributed by atoms with Crippen LogP contribution < -0.4 is 0 Å². The molecule has 0 amide bonds. The quantitative estimate of drug-likeness (QED) is 0.219. The maximum absolute atomic E-state index is 6.55. The molecule has 0 aromatic carbocycles. The van der Waals surface area contributed by atoms with Crippen molar-refractivity contribution in [1.29, 1.82) is 0 Å². The molecular weight excluding hydrogens is 523 g/mol. The fourth-order valence-electron chi connectivity index (χ4n) is 2.93. The fraction of sp³-hybridized carbons (Fsp3) is 0.600. The van der Waals surface area contributed by atoms with Gasteiger partial charge in [0, 0.05) is 66.2 Å². The molecule has 0 aliphatic heterocycles. The van der Waals surface area contributed by atoms with Gasteiger partial charge in [0.15, 0.2) is 30.2 Å². The summed E-state index contributed by atoms with van der Waals surface area (Å²) >= 11 is 13.1. The standard InChI is InChI=1S/C20H32Cl2O4Si2.Zr/c1-14(19-15(21)8-10-17(19)23-12-25-27(2,3)4)20-16(22)9-11-18(20)24-13-26-28(5,6)7;/h10-11,14H,8-9,12-13H2,1-7H3;. The molecule has 0 bridgehead atoms. The van der Waals surface area contributed by atoms with E-state index >= 15 is 0 Å². The van der Waals surface area contributed by atoms with Gasteiger partial charge in [0.25, 0.3) is 0 Å². The zero-order valence-corrected chi connectivity index (χ0v) is 24.4. The molecule has 0 saturated carbocycles. The molecule has 0 heterocycles. The molecule has 0 aromatic rings. The Morgan fingerprint density at radius 3 is 1.45 bits per heavy atom. The minimum Gasteiger partial charge on any atom is -0.468 e. The van der Waals surface area contributed by atoms with Gasteiger partial charge in [-0.3, -0.25) is 0 Å². The molecule has 162 valence electrons. The minimum atomic E-state index is -1.64. The Balaban J connectivity index is 0.00000420. The van der Waals surface area contributed by atoms with Gasteiger partial charge in [-0.15, -0.1) is 0 Å². The average molecular weight is 555 g/mol. The van der Waals surface area contributed by atoms with Crippen LogP contribution >= 0.6 is 23.2 Å². The van der Waals surface area contributed by atoms with E-state index in [1.807, 2.05) is 12.2 Å². The van der Waals surface area contributed by atoms with Gasteiger partial charge in [-0.25, -0.2) is 0 Å². The summed E-state index contributed by atoms with van der Waals surface area (Å²) in [5, 5.41) is 1.55. The van der Waals surface area contributed by atoms with Crippen LogP contribution in [0.3, 0.4) is 0 Å². The molecule has 0 atom stereocenters. The summed E-state index contributed by atoms with van der Waals surface area (Å²) in [7, 11) is -3.29. The molecule has 29 heavy (non-hydrogen) atoms. The molecular formula is C20H32Cl2O4Si2Zr. The molecule has 2 rings (SSSR count). The number of allylic oxidation sites excluding steroid dienone is 6. The Morgan fingerprint density at radius 2 is 1.14 bits per heavy atom. The molecule has 0 spiro atoms. The first-order valence-corrected chi connectivity index (χ1v) is 17.2. The number of ether oxygens (including phenoxy) is 2. The van der Waals surface area contributed by atoms with Gasteiger partial charge in [-0.2, -0.15) is 0 Å². The third kappa shape index (κ3) is 8.44. The Bertz CT molecular complexity index is 659. The van der Waals surface area contributed by atoms with Crippen LogP contribution in [0.2, 0.25) is 39.3 Å². The Kier molecular flexibility index (Phi) is 10.7. The van der Waals surface area contributed by atoms with Crippen molar-refractivity contribution in [2.24, 2.45) is 5.92 Å². The van der Waals surface area contributed by atoms with Crippen LogP contribution in [-0.2, 0) is 44.5 Å². The minimum absolute atomic E-state index is 0. The molecule has 2 aliphatic carbocycles. The molecule has 9 heteroatoms. The van der Waals surface area contributed by atoms with Gasteiger partial charge in [-0.1, -0.05) is 30.1 Å². The second kappa shape index (κ2) is 11.3. The molecule has 0 radical (unpaired) electrons. The predicted octanol–water partition coefficient (Wildman–Crippen LogP) is 6.83. The Labute approximate surface area is 206 Å². The van der Waals surface area contributed by atoms with E-state index in [0.29, 0.717) is 12.8 Å². The van der Waals surface area contributed by atoms with E-state index in [9.17, 15) is 0 Å². The van der Waals surface area contributed by atoms with Crippen molar-refractivity contribution < 1.29 is 44.5 Å². The van der Waals surface area contributed by atoms with Gasteiger partial charge in [0.2, 0.25) is 0 Å². The zero-order chi connectivity index (χ0) is 21.1. The van der Waals surface area contributed by atoms with Gasteiger partial charge in [0.1, 0.15) is 11.5 Å². The van der Waals surface area contributed by atoms with Crippen molar-refractivity contribution in [2.75, 3.05) is 13.6 Å². The average Bonchev–Trinajstić information content (AvgIpc) is 3.08. The second-order valence-corrected chi connectivity index (χ2v) is 18.9. The van der Waals surface area contributed by atoms with Crippen molar-refractivity contribution in [3.8, 4) is 0 Å². The Hall–Kier alpha value is 0.377. The van der Waals surface area contributed by atoms with Crippen molar-refractivity contribution in [3.05, 3.63) is 44.9 Å². The van der Waals surface area contributed by atoms with Crippen LogP contribution in [-0.4, -0.2) is 30.2 Å². The summed E-state index contributed by atoms with van der Waals surface area (Å²) in [5.41, 5.74) is 1.91. The molecule has 0 fully saturated rings. The molecule has 0 unspecified atom stereocenters. The van der Waals surface area contributed by atoms with Crippen molar-refractivity contribution in [1.82, 2.24) is 0 Å². The summed E-state index contributed by atoms with van der Waals surface area (Å²) < 4.78 is 23.5. The maximum atomic E-state index is 6.55. The first-order valence-electron chi connectivity index (χ1n) is 9.60. The zero-order valence-electron chi connectivity index (χ0n) is 18.4. The van der Waals surface area contributed by atoms with E-state index < -0.39 is 16.6 Å². The fourth-order valence-corrected chi connectivity index (χ4v) is 4.42. The SMILES string of the molecule is CC(C1=C(Cl)CC=C1OCO[Si](C)(C)C)C1=C(Cl)CC=C1OCO[Si](C)(C)C.[Zr]. The van der Waals surface area contributed by atoms with Crippen molar-refractivity contribution in [3.63, 3.8) is 0 Å². The Morgan fingerprint density at radius 1 is 0.793 bits per heavy atom. The third-order valence-corrected chi connectivity index (χ3v) is 7.01.